The van der Waals surface area contributed by atoms with Crippen molar-refractivity contribution in [1.29, 1.82) is 0 Å². The van der Waals surface area contributed by atoms with Gasteiger partial charge in [-0.1, -0.05) is 37.6 Å². The number of nitrogens with zero attached hydrogens (tertiary/aromatic N) is 2. The van der Waals surface area contributed by atoms with E-state index in [0.29, 0.717) is 5.92 Å². The first-order valence-corrected chi connectivity index (χ1v) is 6.96. The molecular weight excluding hydrogens is 258 g/mol. The van der Waals surface area contributed by atoms with Gasteiger partial charge in [-0.2, -0.15) is 0 Å². The topological polar surface area (TPSA) is 29.9 Å². The molecule has 0 atom stereocenters. The van der Waals surface area contributed by atoms with Crippen LogP contribution in [0, 0.1) is 12.8 Å². The van der Waals surface area contributed by atoms with E-state index in [0.717, 1.165) is 29.6 Å². The minimum atomic E-state index is 0.637. The van der Waals surface area contributed by atoms with Crippen LogP contribution >= 0.6 is 11.6 Å². The molecule has 102 valence electrons. The molecule has 0 radical (unpaired) electrons. The van der Waals surface area contributed by atoms with Gasteiger partial charge in [-0.15, -0.1) is 0 Å². The second kappa shape index (κ2) is 6.22. The molecule has 0 aliphatic heterocycles. The van der Waals surface area contributed by atoms with Crippen LogP contribution in [0.15, 0.2) is 30.6 Å². The van der Waals surface area contributed by atoms with Crippen LogP contribution in [0.2, 0.25) is 5.02 Å². The zero-order valence-electron chi connectivity index (χ0n) is 11.7. The molecule has 1 N–H and O–H groups in total. The van der Waals surface area contributed by atoms with Crippen molar-refractivity contribution in [1.82, 2.24) is 14.9 Å². The second-order valence-electron chi connectivity index (χ2n) is 5.12. The van der Waals surface area contributed by atoms with Crippen LogP contribution in [-0.4, -0.2) is 16.1 Å². The van der Waals surface area contributed by atoms with Crippen molar-refractivity contribution in [3.8, 4) is 5.69 Å². The van der Waals surface area contributed by atoms with Gasteiger partial charge < -0.3 is 9.88 Å². The zero-order valence-corrected chi connectivity index (χ0v) is 12.4. The Labute approximate surface area is 119 Å². The predicted octanol–water partition coefficient (Wildman–Crippen LogP) is 3.58. The molecule has 0 saturated carbocycles. The maximum absolute atomic E-state index is 6.36. The number of halogens is 1. The van der Waals surface area contributed by atoms with Crippen molar-refractivity contribution in [2.24, 2.45) is 5.92 Å². The number of para-hydroxylation sites is 1. The summed E-state index contributed by atoms with van der Waals surface area (Å²) in [6.45, 7) is 8.19. The summed E-state index contributed by atoms with van der Waals surface area (Å²) in [4.78, 5) is 4.27. The van der Waals surface area contributed by atoms with Gasteiger partial charge in [-0.05, 0) is 31.0 Å². The van der Waals surface area contributed by atoms with E-state index < -0.39 is 0 Å². The summed E-state index contributed by atoms with van der Waals surface area (Å²) in [7, 11) is 0. The molecular formula is C15H20ClN3. The average Bonchev–Trinajstić information content (AvgIpc) is 2.75. The normalized spacial score (nSPS) is 11.2. The minimum Gasteiger partial charge on any atom is -0.312 e. The lowest BCUT2D eigenvalue weighted by Gasteiger charge is -2.15. The summed E-state index contributed by atoms with van der Waals surface area (Å²) in [6.07, 6.45) is 3.74. The van der Waals surface area contributed by atoms with Gasteiger partial charge in [0.1, 0.15) is 5.82 Å². The van der Waals surface area contributed by atoms with Crippen LogP contribution in [-0.2, 0) is 6.54 Å². The summed E-state index contributed by atoms with van der Waals surface area (Å²) in [6, 6.07) is 6.01. The van der Waals surface area contributed by atoms with E-state index >= 15 is 0 Å². The summed E-state index contributed by atoms with van der Waals surface area (Å²) < 4.78 is 2.04. The Kier molecular flexibility index (Phi) is 4.61. The van der Waals surface area contributed by atoms with Gasteiger partial charge in [-0.25, -0.2) is 4.98 Å². The number of hydrogen-bond acceptors (Lipinski definition) is 2. The maximum Gasteiger partial charge on any atom is 0.110 e. The lowest BCUT2D eigenvalue weighted by Crippen LogP contribution is -2.20. The van der Waals surface area contributed by atoms with Crippen LogP contribution in [0.25, 0.3) is 5.69 Å². The van der Waals surface area contributed by atoms with Gasteiger partial charge in [-0.3, -0.25) is 0 Å². The van der Waals surface area contributed by atoms with Crippen molar-refractivity contribution in [2.75, 3.05) is 6.54 Å². The molecule has 3 nitrogen and oxygen atoms in total. The smallest absolute Gasteiger partial charge is 0.110 e. The predicted molar refractivity (Wildman–Crippen MR) is 79.9 cm³/mol. The first kappa shape index (κ1) is 14.1. The van der Waals surface area contributed by atoms with E-state index in [1.807, 2.05) is 29.8 Å². The monoisotopic (exact) mass is 277 g/mol. The van der Waals surface area contributed by atoms with E-state index in [9.17, 15) is 0 Å². The first-order valence-electron chi connectivity index (χ1n) is 6.58. The van der Waals surface area contributed by atoms with E-state index in [-0.39, 0.29) is 0 Å². The highest BCUT2D eigenvalue weighted by atomic mass is 35.5. The van der Waals surface area contributed by atoms with E-state index in [1.54, 1.807) is 6.20 Å². The van der Waals surface area contributed by atoms with Crippen LogP contribution < -0.4 is 5.32 Å². The largest absolute Gasteiger partial charge is 0.312 e. The van der Waals surface area contributed by atoms with Crippen LogP contribution in [0.3, 0.4) is 0 Å². The Bertz CT molecular complexity index is 546. The van der Waals surface area contributed by atoms with Crippen molar-refractivity contribution >= 4 is 11.6 Å². The SMILES string of the molecule is Cc1nccn1-c1c(Cl)cccc1CNCC(C)C. The van der Waals surface area contributed by atoms with Gasteiger partial charge >= 0.3 is 0 Å². The lowest BCUT2D eigenvalue weighted by molar-refractivity contribution is 0.551. The number of aryl methyl sites for hydroxylation is 1. The van der Waals surface area contributed by atoms with Crippen molar-refractivity contribution in [3.63, 3.8) is 0 Å². The zero-order chi connectivity index (χ0) is 13.8. The third-order valence-corrected chi connectivity index (χ3v) is 3.31. The Hall–Kier alpha value is -1.32. The number of rotatable bonds is 5. The minimum absolute atomic E-state index is 0.637. The summed E-state index contributed by atoms with van der Waals surface area (Å²) in [5, 5.41) is 4.21. The third kappa shape index (κ3) is 3.37. The first-order chi connectivity index (χ1) is 9.09. The molecule has 0 bridgehead atoms. The highest BCUT2D eigenvalue weighted by Crippen LogP contribution is 2.25. The Morgan fingerprint density at radius 2 is 2.16 bits per heavy atom. The van der Waals surface area contributed by atoms with Crippen molar-refractivity contribution < 1.29 is 0 Å². The molecule has 1 aromatic carbocycles. The fourth-order valence-electron chi connectivity index (χ4n) is 2.08. The highest BCUT2D eigenvalue weighted by molar-refractivity contribution is 6.32. The summed E-state index contributed by atoms with van der Waals surface area (Å²) in [5.74, 6) is 1.58. The number of aromatic nitrogens is 2. The fourth-order valence-corrected chi connectivity index (χ4v) is 2.37. The van der Waals surface area contributed by atoms with Gasteiger partial charge in [0.2, 0.25) is 0 Å². The van der Waals surface area contributed by atoms with Crippen LogP contribution in [0.5, 0.6) is 0 Å². The highest BCUT2D eigenvalue weighted by Gasteiger charge is 2.10. The number of nitrogens with one attached hydrogen (secondary N) is 1. The molecule has 0 fully saturated rings. The molecule has 0 saturated heterocycles. The van der Waals surface area contributed by atoms with Gasteiger partial charge in [0.25, 0.3) is 0 Å². The quantitative estimate of drug-likeness (QED) is 0.905. The Balaban J connectivity index is 2.29. The molecule has 2 aromatic rings. The molecule has 19 heavy (non-hydrogen) atoms. The summed E-state index contributed by atoms with van der Waals surface area (Å²) in [5.41, 5.74) is 2.21. The summed E-state index contributed by atoms with van der Waals surface area (Å²) >= 11 is 6.36. The van der Waals surface area contributed by atoms with Crippen LogP contribution in [0.4, 0.5) is 0 Å². The van der Waals surface area contributed by atoms with E-state index in [2.05, 4.69) is 30.2 Å². The van der Waals surface area contributed by atoms with E-state index in [4.69, 9.17) is 11.6 Å². The molecule has 2 rings (SSSR count). The molecule has 0 aliphatic carbocycles. The van der Waals surface area contributed by atoms with Gasteiger partial charge in [0.05, 0.1) is 10.7 Å². The Morgan fingerprint density at radius 3 is 2.79 bits per heavy atom. The van der Waals surface area contributed by atoms with Crippen molar-refractivity contribution in [2.45, 2.75) is 27.3 Å². The standard InChI is InChI=1S/C15H20ClN3/c1-11(2)9-17-10-13-5-4-6-14(16)15(13)19-8-7-18-12(19)3/h4-8,11,17H,9-10H2,1-3H3. The number of benzene rings is 1. The Morgan fingerprint density at radius 1 is 1.37 bits per heavy atom. The fraction of sp³-hybridized carbons (Fsp3) is 0.400. The molecule has 0 aliphatic rings. The number of imidazole rings is 1. The number of hydrogen-bond donors (Lipinski definition) is 1. The van der Waals surface area contributed by atoms with Crippen LogP contribution in [0.1, 0.15) is 25.2 Å². The molecule has 0 unspecified atom stereocenters. The van der Waals surface area contributed by atoms with Gasteiger partial charge in [0.15, 0.2) is 0 Å². The van der Waals surface area contributed by atoms with Gasteiger partial charge in [0, 0.05) is 18.9 Å². The van der Waals surface area contributed by atoms with E-state index in [1.165, 1.54) is 5.56 Å². The average molecular weight is 278 g/mol. The molecule has 0 spiro atoms. The molecule has 1 heterocycles. The maximum atomic E-state index is 6.36. The molecule has 1 aromatic heterocycles. The van der Waals surface area contributed by atoms with Crippen molar-refractivity contribution in [3.05, 3.63) is 47.0 Å². The lowest BCUT2D eigenvalue weighted by atomic mass is 10.1. The third-order valence-electron chi connectivity index (χ3n) is 3.01. The second-order valence-corrected chi connectivity index (χ2v) is 5.52. The molecule has 4 heteroatoms. The molecule has 0 amide bonds.